The van der Waals surface area contributed by atoms with Gasteiger partial charge in [-0.2, -0.15) is 0 Å². The Hall–Kier alpha value is -0.0800. The summed E-state index contributed by atoms with van der Waals surface area (Å²) in [6.45, 7) is 1.86. The first-order valence-electron chi connectivity index (χ1n) is 4.14. The minimum atomic E-state index is -0.277. The zero-order valence-corrected chi connectivity index (χ0v) is 6.59. The molecular weight excluding hydrogens is 126 g/mol. The molecule has 1 aliphatic carbocycles. The number of nitrogens with two attached hydrogens (primary N) is 1. The van der Waals surface area contributed by atoms with Gasteiger partial charge < -0.3 is 10.8 Å². The normalized spacial score (nSPS) is 24.3. The van der Waals surface area contributed by atoms with Crippen LogP contribution in [0.15, 0.2) is 0 Å². The molecule has 0 aromatic heterocycles. The van der Waals surface area contributed by atoms with Crippen LogP contribution in [0.5, 0.6) is 0 Å². The van der Waals surface area contributed by atoms with Gasteiger partial charge in [0, 0.05) is 6.04 Å². The van der Waals surface area contributed by atoms with Crippen LogP contribution in [0.2, 0.25) is 0 Å². The summed E-state index contributed by atoms with van der Waals surface area (Å²) in [6, 6.07) is -0.0567. The maximum Gasteiger partial charge on any atom is 0.0688 e. The highest BCUT2D eigenvalue weighted by Gasteiger charge is 2.22. The van der Waals surface area contributed by atoms with Crippen molar-refractivity contribution in [3.8, 4) is 0 Å². The Labute approximate surface area is 62.4 Å². The van der Waals surface area contributed by atoms with E-state index in [1.807, 2.05) is 6.92 Å². The van der Waals surface area contributed by atoms with Crippen molar-refractivity contribution in [3.05, 3.63) is 0 Å². The smallest absolute Gasteiger partial charge is 0.0688 e. The molecule has 0 amide bonds. The molecule has 0 aromatic rings. The number of rotatable bonds is 4. The van der Waals surface area contributed by atoms with Crippen molar-refractivity contribution in [3.63, 3.8) is 0 Å². The van der Waals surface area contributed by atoms with Gasteiger partial charge in [0.25, 0.3) is 0 Å². The minimum absolute atomic E-state index is 0.0567. The lowest BCUT2D eigenvalue weighted by atomic mass is 10.1. The van der Waals surface area contributed by atoms with Crippen molar-refractivity contribution in [2.45, 2.75) is 44.8 Å². The Morgan fingerprint density at radius 1 is 1.60 bits per heavy atom. The Balaban J connectivity index is 1.99. The van der Waals surface area contributed by atoms with Crippen molar-refractivity contribution in [1.82, 2.24) is 0 Å². The Morgan fingerprint density at radius 2 is 2.20 bits per heavy atom. The molecule has 2 unspecified atom stereocenters. The maximum absolute atomic E-state index is 9.28. The third kappa shape index (κ3) is 2.67. The predicted octanol–water partition coefficient (Wildman–Crippen LogP) is 0.885. The van der Waals surface area contributed by atoms with E-state index in [9.17, 15) is 5.11 Å². The van der Waals surface area contributed by atoms with Crippen LogP contribution in [0.25, 0.3) is 0 Å². The highest BCUT2D eigenvalue weighted by Crippen LogP contribution is 2.33. The molecule has 60 valence electrons. The van der Waals surface area contributed by atoms with Gasteiger partial charge in [0.2, 0.25) is 0 Å². The van der Waals surface area contributed by atoms with Gasteiger partial charge in [-0.25, -0.2) is 0 Å². The van der Waals surface area contributed by atoms with Gasteiger partial charge >= 0.3 is 0 Å². The van der Waals surface area contributed by atoms with E-state index in [1.54, 1.807) is 0 Å². The summed E-state index contributed by atoms with van der Waals surface area (Å²) >= 11 is 0. The van der Waals surface area contributed by atoms with Crippen molar-refractivity contribution >= 4 is 0 Å². The van der Waals surface area contributed by atoms with E-state index in [1.165, 1.54) is 19.3 Å². The molecule has 1 saturated carbocycles. The third-order valence-electron chi connectivity index (χ3n) is 2.17. The van der Waals surface area contributed by atoms with Gasteiger partial charge in [-0.15, -0.1) is 0 Å². The Bertz CT molecular complexity index is 99.4. The van der Waals surface area contributed by atoms with Crippen LogP contribution in [-0.2, 0) is 0 Å². The van der Waals surface area contributed by atoms with E-state index >= 15 is 0 Å². The molecule has 1 fully saturated rings. The zero-order valence-electron chi connectivity index (χ0n) is 6.59. The minimum Gasteiger partial charge on any atom is -0.392 e. The SMILES string of the molecule is CC(N)C(O)CCC1CC1. The molecule has 0 saturated heterocycles. The molecule has 3 N–H and O–H groups in total. The molecule has 1 rings (SSSR count). The molecule has 0 bridgehead atoms. The van der Waals surface area contributed by atoms with Gasteiger partial charge in [0.05, 0.1) is 6.10 Å². The molecule has 1 aliphatic rings. The van der Waals surface area contributed by atoms with Crippen molar-refractivity contribution in [2.24, 2.45) is 11.7 Å². The van der Waals surface area contributed by atoms with Crippen molar-refractivity contribution in [1.29, 1.82) is 0 Å². The summed E-state index contributed by atoms with van der Waals surface area (Å²) in [6.07, 6.45) is 4.52. The highest BCUT2D eigenvalue weighted by molar-refractivity contribution is 4.76. The number of hydrogen-bond acceptors (Lipinski definition) is 2. The van der Waals surface area contributed by atoms with Crippen LogP contribution in [0.4, 0.5) is 0 Å². The number of aliphatic hydroxyl groups excluding tert-OH is 1. The fourth-order valence-electron chi connectivity index (χ4n) is 1.08. The molecular formula is C8H17NO. The first-order valence-corrected chi connectivity index (χ1v) is 4.14. The molecule has 0 aliphatic heterocycles. The summed E-state index contributed by atoms with van der Waals surface area (Å²) < 4.78 is 0. The quantitative estimate of drug-likeness (QED) is 0.613. The maximum atomic E-state index is 9.28. The largest absolute Gasteiger partial charge is 0.392 e. The monoisotopic (exact) mass is 143 g/mol. The standard InChI is InChI=1S/C8H17NO/c1-6(9)8(10)5-4-7-2-3-7/h6-8,10H,2-5,9H2,1H3. The summed E-state index contributed by atoms with van der Waals surface area (Å²) in [5.41, 5.74) is 5.49. The zero-order chi connectivity index (χ0) is 7.56. The lowest BCUT2D eigenvalue weighted by Crippen LogP contribution is -2.31. The van der Waals surface area contributed by atoms with Gasteiger partial charge in [-0.05, 0) is 25.7 Å². The summed E-state index contributed by atoms with van der Waals surface area (Å²) in [7, 11) is 0. The summed E-state index contributed by atoms with van der Waals surface area (Å²) in [5, 5.41) is 9.28. The topological polar surface area (TPSA) is 46.2 Å². The number of aliphatic hydroxyl groups is 1. The average Bonchev–Trinajstić information content (AvgIpc) is 2.64. The van der Waals surface area contributed by atoms with Crippen LogP contribution in [0, 0.1) is 5.92 Å². The lowest BCUT2D eigenvalue weighted by Gasteiger charge is -2.13. The second-order valence-electron chi connectivity index (χ2n) is 3.45. The molecule has 0 radical (unpaired) electrons. The van der Waals surface area contributed by atoms with Gasteiger partial charge in [-0.1, -0.05) is 12.8 Å². The molecule has 2 nitrogen and oxygen atoms in total. The van der Waals surface area contributed by atoms with Crippen molar-refractivity contribution < 1.29 is 5.11 Å². The molecule has 0 spiro atoms. The average molecular weight is 143 g/mol. The van der Waals surface area contributed by atoms with Gasteiger partial charge in [0.1, 0.15) is 0 Å². The Morgan fingerprint density at radius 3 is 2.60 bits per heavy atom. The summed E-state index contributed by atoms with van der Waals surface area (Å²) in [4.78, 5) is 0. The van der Waals surface area contributed by atoms with Gasteiger partial charge in [0.15, 0.2) is 0 Å². The first-order chi connectivity index (χ1) is 4.70. The van der Waals surface area contributed by atoms with E-state index in [-0.39, 0.29) is 12.1 Å². The lowest BCUT2D eigenvalue weighted by molar-refractivity contribution is 0.137. The van der Waals surface area contributed by atoms with E-state index in [4.69, 9.17) is 5.73 Å². The fourth-order valence-corrected chi connectivity index (χ4v) is 1.08. The summed E-state index contributed by atoms with van der Waals surface area (Å²) in [5.74, 6) is 0.911. The van der Waals surface area contributed by atoms with Crippen LogP contribution < -0.4 is 5.73 Å². The van der Waals surface area contributed by atoms with Gasteiger partial charge in [-0.3, -0.25) is 0 Å². The Kier molecular flexibility index (Phi) is 2.69. The second-order valence-corrected chi connectivity index (χ2v) is 3.45. The van der Waals surface area contributed by atoms with E-state index in [0.29, 0.717) is 0 Å². The molecule has 0 aromatic carbocycles. The van der Waals surface area contributed by atoms with E-state index in [2.05, 4.69) is 0 Å². The van der Waals surface area contributed by atoms with Crippen LogP contribution >= 0.6 is 0 Å². The highest BCUT2D eigenvalue weighted by atomic mass is 16.3. The van der Waals surface area contributed by atoms with E-state index < -0.39 is 0 Å². The first kappa shape index (κ1) is 8.02. The van der Waals surface area contributed by atoms with E-state index in [0.717, 1.165) is 12.3 Å². The van der Waals surface area contributed by atoms with Crippen LogP contribution in [0.1, 0.15) is 32.6 Å². The third-order valence-corrected chi connectivity index (χ3v) is 2.17. The predicted molar refractivity (Wildman–Crippen MR) is 41.6 cm³/mol. The number of hydrogen-bond donors (Lipinski definition) is 2. The second kappa shape index (κ2) is 3.35. The van der Waals surface area contributed by atoms with Crippen LogP contribution in [-0.4, -0.2) is 17.3 Å². The van der Waals surface area contributed by atoms with Crippen LogP contribution in [0.3, 0.4) is 0 Å². The molecule has 2 heteroatoms. The molecule has 2 atom stereocenters. The van der Waals surface area contributed by atoms with Crippen molar-refractivity contribution in [2.75, 3.05) is 0 Å². The molecule has 0 heterocycles. The molecule has 10 heavy (non-hydrogen) atoms. The fraction of sp³-hybridized carbons (Fsp3) is 1.00.